The van der Waals surface area contributed by atoms with Crippen LogP contribution in [0.15, 0.2) is 18.2 Å². The lowest BCUT2D eigenvalue weighted by atomic mass is 10.1. The van der Waals surface area contributed by atoms with Gasteiger partial charge in [-0.2, -0.15) is 5.26 Å². The SMILES string of the molecule is CCC(CC1CC1)NCc1cc(C#N)ccc1F. The van der Waals surface area contributed by atoms with E-state index in [2.05, 4.69) is 12.2 Å². The van der Waals surface area contributed by atoms with Crippen molar-refractivity contribution >= 4 is 0 Å². The van der Waals surface area contributed by atoms with Gasteiger partial charge in [0.15, 0.2) is 0 Å². The number of rotatable bonds is 6. The average Bonchev–Trinajstić information content (AvgIpc) is 3.20. The highest BCUT2D eigenvalue weighted by Gasteiger charge is 2.24. The molecule has 0 saturated heterocycles. The van der Waals surface area contributed by atoms with Crippen molar-refractivity contribution in [3.63, 3.8) is 0 Å². The summed E-state index contributed by atoms with van der Waals surface area (Å²) >= 11 is 0. The lowest BCUT2D eigenvalue weighted by molar-refractivity contribution is 0.439. The Kier molecular flexibility index (Phi) is 4.33. The summed E-state index contributed by atoms with van der Waals surface area (Å²) < 4.78 is 13.6. The Hall–Kier alpha value is -1.40. The van der Waals surface area contributed by atoms with Crippen molar-refractivity contribution in [3.05, 3.63) is 35.1 Å². The fourth-order valence-electron chi connectivity index (χ4n) is 2.18. The van der Waals surface area contributed by atoms with Gasteiger partial charge in [0.25, 0.3) is 0 Å². The summed E-state index contributed by atoms with van der Waals surface area (Å²) in [6.45, 7) is 2.66. The molecule has 0 spiro atoms. The van der Waals surface area contributed by atoms with E-state index in [9.17, 15) is 4.39 Å². The van der Waals surface area contributed by atoms with E-state index in [0.29, 0.717) is 23.7 Å². The minimum absolute atomic E-state index is 0.234. The predicted octanol–water partition coefficient (Wildman–Crippen LogP) is 3.37. The van der Waals surface area contributed by atoms with Crippen LogP contribution in [-0.2, 0) is 6.54 Å². The second-order valence-corrected chi connectivity index (χ2v) is 5.08. The van der Waals surface area contributed by atoms with E-state index < -0.39 is 0 Å². The maximum atomic E-state index is 13.6. The molecule has 1 unspecified atom stereocenters. The van der Waals surface area contributed by atoms with Crippen LogP contribution in [0.3, 0.4) is 0 Å². The second kappa shape index (κ2) is 5.97. The Balaban J connectivity index is 1.93. The van der Waals surface area contributed by atoms with Gasteiger partial charge in [0.1, 0.15) is 5.82 Å². The first-order valence-corrected chi connectivity index (χ1v) is 6.64. The molecule has 1 saturated carbocycles. The molecule has 1 aliphatic rings. The first-order valence-electron chi connectivity index (χ1n) is 6.64. The Labute approximate surface area is 108 Å². The lowest BCUT2D eigenvalue weighted by Crippen LogP contribution is -2.28. The average molecular weight is 246 g/mol. The van der Waals surface area contributed by atoms with Crippen molar-refractivity contribution in [2.45, 2.75) is 45.2 Å². The Morgan fingerprint density at radius 2 is 2.28 bits per heavy atom. The van der Waals surface area contributed by atoms with Crippen LogP contribution < -0.4 is 5.32 Å². The molecule has 1 atom stereocenters. The summed E-state index contributed by atoms with van der Waals surface area (Å²) in [7, 11) is 0. The molecule has 3 heteroatoms. The van der Waals surface area contributed by atoms with Gasteiger partial charge >= 0.3 is 0 Å². The minimum Gasteiger partial charge on any atom is -0.310 e. The van der Waals surface area contributed by atoms with E-state index in [1.165, 1.54) is 31.4 Å². The van der Waals surface area contributed by atoms with Crippen LogP contribution in [0.2, 0.25) is 0 Å². The van der Waals surface area contributed by atoms with Crippen molar-refractivity contribution in [3.8, 4) is 6.07 Å². The highest BCUT2D eigenvalue weighted by molar-refractivity contribution is 5.33. The molecule has 1 aromatic rings. The first kappa shape index (κ1) is 13.0. The number of nitrogens with zero attached hydrogens (tertiary/aromatic N) is 1. The molecule has 18 heavy (non-hydrogen) atoms. The van der Waals surface area contributed by atoms with Crippen molar-refractivity contribution in [1.29, 1.82) is 5.26 Å². The number of nitriles is 1. The molecule has 96 valence electrons. The Morgan fingerprint density at radius 1 is 1.50 bits per heavy atom. The van der Waals surface area contributed by atoms with Gasteiger partial charge in [0, 0.05) is 18.2 Å². The molecular weight excluding hydrogens is 227 g/mol. The molecule has 0 bridgehead atoms. The van der Waals surface area contributed by atoms with Crippen molar-refractivity contribution in [1.82, 2.24) is 5.32 Å². The zero-order chi connectivity index (χ0) is 13.0. The van der Waals surface area contributed by atoms with Gasteiger partial charge in [-0.15, -0.1) is 0 Å². The minimum atomic E-state index is -0.234. The van der Waals surface area contributed by atoms with E-state index in [4.69, 9.17) is 5.26 Å². The molecule has 1 aliphatic carbocycles. The van der Waals surface area contributed by atoms with Crippen LogP contribution in [0, 0.1) is 23.1 Å². The van der Waals surface area contributed by atoms with Crippen LogP contribution in [0.4, 0.5) is 4.39 Å². The van der Waals surface area contributed by atoms with Gasteiger partial charge in [-0.25, -0.2) is 4.39 Å². The maximum Gasteiger partial charge on any atom is 0.127 e. The largest absolute Gasteiger partial charge is 0.310 e. The summed E-state index contributed by atoms with van der Waals surface area (Å²) in [6.07, 6.45) is 4.94. The number of hydrogen-bond donors (Lipinski definition) is 1. The van der Waals surface area contributed by atoms with Crippen LogP contribution in [0.1, 0.15) is 43.7 Å². The highest BCUT2D eigenvalue weighted by Crippen LogP contribution is 2.34. The van der Waals surface area contributed by atoms with Gasteiger partial charge < -0.3 is 5.32 Å². The van der Waals surface area contributed by atoms with Crippen molar-refractivity contribution in [2.75, 3.05) is 0 Å². The third-order valence-electron chi connectivity index (χ3n) is 3.56. The fourth-order valence-corrected chi connectivity index (χ4v) is 2.18. The van der Waals surface area contributed by atoms with Crippen molar-refractivity contribution < 1.29 is 4.39 Å². The topological polar surface area (TPSA) is 35.8 Å². The van der Waals surface area contributed by atoms with Crippen LogP contribution in [0.25, 0.3) is 0 Å². The quantitative estimate of drug-likeness (QED) is 0.835. The highest BCUT2D eigenvalue weighted by atomic mass is 19.1. The summed E-state index contributed by atoms with van der Waals surface area (Å²) in [4.78, 5) is 0. The molecule has 1 N–H and O–H groups in total. The zero-order valence-corrected chi connectivity index (χ0v) is 10.7. The molecule has 0 amide bonds. The van der Waals surface area contributed by atoms with Gasteiger partial charge in [-0.1, -0.05) is 19.8 Å². The third-order valence-corrected chi connectivity index (χ3v) is 3.56. The monoisotopic (exact) mass is 246 g/mol. The van der Waals surface area contributed by atoms with Crippen molar-refractivity contribution in [2.24, 2.45) is 5.92 Å². The number of benzene rings is 1. The summed E-state index contributed by atoms with van der Waals surface area (Å²) in [5.74, 6) is 0.639. The van der Waals surface area contributed by atoms with E-state index >= 15 is 0 Å². The van der Waals surface area contributed by atoms with Gasteiger partial charge in [0.2, 0.25) is 0 Å². The number of halogens is 1. The second-order valence-electron chi connectivity index (χ2n) is 5.08. The van der Waals surface area contributed by atoms with E-state index in [1.54, 1.807) is 6.07 Å². The Morgan fingerprint density at radius 3 is 2.89 bits per heavy atom. The zero-order valence-electron chi connectivity index (χ0n) is 10.7. The molecular formula is C15H19FN2. The van der Waals surface area contributed by atoms with Gasteiger partial charge in [0.05, 0.1) is 11.6 Å². The van der Waals surface area contributed by atoms with Crippen LogP contribution in [-0.4, -0.2) is 6.04 Å². The van der Waals surface area contributed by atoms with E-state index in [1.807, 2.05) is 6.07 Å². The molecule has 1 aromatic carbocycles. The van der Waals surface area contributed by atoms with Crippen LogP contribution in [0.5, 0.6) is 0 Å². The van der Waals surface area contributed by atoms with Gasteiger partial charge in [-0.3, -0.25) is 0 Å². The lowest BCUT2D eigenvalue weighted by Gasteiger charge is -2.17. The first-order chi connectivity index (χ1) is 8.72. The summed E-state index contributed by atoms with van der Waals surface area (Å²) in [5, 5.41) is 12.2. The Bertz CT molecular complexity index is 446. The number of nitrogens with one attached hydrogen (secondary N) is 1. The molecule has 0 aromatic heterocycles. The molecule has 0 heterocycles. The van der Waals surface area contributed by atoms with Gasteiger partial charge in [-0.05, 0) is 37.0 Å². The van der Waals surface area contributed by atoms with Crippen LogP contribution >= 0.6 is 0 Å². The molecule has 0 aliphatic heterocycles. The fraction of sp³-hybridized carbons (Fsp3) is 0.533. The number of hydrogen-bond acceptors (Lipinski definition) is 2. The molecule has 0 radical (unpaired) electrons. The summed E-state index contributed by atoms with van der Waals surface area (Å²) in [5.41, 5.74) is 1.10. The molecule has 2 rings (SSSR count). The maximum absolute atomic E-state index is 13.6. The van der Waals surface area contributed by atoms with E-state index in [-0.39, 0.29) is 5.82 Å². The smallest absolute Gasteiger partial charge is 0.127 e. The molecule has 1 fully saturated rings. The normalized spacial score (nSPS) is 16.3. The van der Waals surface area contributed by atoms with E-state index in [0.717, 1.165) is 12.3 Å². The predicted molar refractivity (Wildman–Crippen MR) is 69.4 cm³/mol. The molecule has 2 nitrogen and oxygen atoms in total. The standard InChI is InChI=1S/C15H19FN2/c1-2-14(8-11-3-4-11)18-10-13-7-12(9-17)5-6-15(13)16/h5-7,11,14,18H,2-4,8,10H2,1H3. The summed E-state index contributed by atoms with van der Waals surface area (Å²) in [6, 6.07) is 7.02. The third kappa shape index (κ3) is 3.54.